The molecule has 0 spiro atoms. The maximum Gasteiger partial charge on any atom is 0.122 e. The van der Waals surface area contributed by atoms with E-state index >= 15 is 0 Å². The van der Waals surface area contributed by atoms with Gasteiger partial charge in [-0.3, -0.25) is 0 Å². The second-order valence-electron chi connectivity index (χ2n) is 4.89. The Balaban J connectivity index is 2.05. The number of ether oxygens (including phenoxy) is 1. The normalized spacial score (nSPS) is 25.4. The fourth-order valence-electron chi connectivity index (χ4n) is 2.21. The first-order chi connectivity index (χ1) is 7.65. The van der Waals surface area contributed by atoms with Gasteiger partial charge in [0.05, 0.1) is 0 Å². The number of piperidine rings is 1. The number of nitrogens with one attached hydrogen (secondary N) is 1. The van der Waals surface area contributed by atoms with Gasteiger partial charge in [0.1, 0.15) is 11.9 Å². The smallest absolute Gasteiger partial charge is 0.122 e. The quantitative estimate of drug-likeness (QED) is 0.826. The van der Waals surface area contributed by atoms with Crippen LogP contribution in [-0.4, -0.2) is 18.7 Å². The van der Waals surface area contributed by atoms with Crippen LogP contribution >= 0.6 is 0 Å². The average molecular weight is 219 g/mol. The first-order valence-electron chi connectivity index (χ1n) is 6.12. The summed E-state index contributed by atoms with van der Waals surface area (Å²) in [6.45, 7) is 7.51. The van der Waals surface area contributed by atoms with Crippen molar-refractivity contribution in [1.82, 2.24) is 5.32 Å². The maximum atomic E-state index is 6.10. The third-order valence-electron chi connectivity index (χ3n) is 3.21. The van der Waals surface area contributed by atoms with Crippen molar-refractivity contribution in [3.05, 3.63) is 29.3 Å². The Morgan fingerprint density at radius 3 is 2.88 bits per heavy atom. The Bertz CT molecular complexity index is 362. The maximum absolute atomic E-state index is 6.10. The van der Waals surface area contributed by atoms with Crippen LogP contribution in [0.1, 0.15) is 30.9 Å². The SMILES string of the molecule is Cc1ccc(C)c(OC2CCNC(C)C2)c1. The lowest BCUT2D eigenvalue weighted by molar-refractivity contribution is 0.143. The van der Waals surface area contributed by atoms with Crippen LogP contribution in [0.4, 0.5) is 0 Å². The summed E-state index contributed by atoms with van der Waals surface area (Å²) in [5.74, 6) is 1.05. The molecule has 2 atom stereocenters. The fourth-order valence-corrected chi connectivity index (χ4v) is 2.21. The van der Waals surface area contributed by atoms with Crippen LogP contribution in [-0.2, 0) is 0 Å². The molecule has 0 saturated carbocycles. The Labute approximate surface area is 98.0 Å². The average Bonchev–Trinajstić information content (AvgIpc) is 2.24. The molecule has 0 bridgehead atoms. The molecule has 2 rings (SSSR count). The van der Waals surface area contributed by atoms with Crippen LogP contribution in [0.3, 0.4) is 0 Å². The molecule has 2 unspecified atom stereocenters. The molecule has 0 amide bonds. The number of rotatable bonds is 2. The second-order valence-corrected chi connectivity index (χ2v) is 4.89. The Kier molecular flexibility index (Phi) is 3.49. The highest BCUT2D eigenvalue weighted by Gasteiger charge is 2.20. The molecule has 2 heteroatoms. The first kappa shape index (κ1) is 11.5. The van der Waals surface area contributed by atoms with E-state index in [1.54, 1.807) is 0 Å². The topological polar surface area (TPSA) is 21.3 Å². The molecular weight excluding hydrogens is 198 g/mol. The van der Waals surface area contributed by atoms with Gasteiger partial charge >= 0.3 is 0 Å². The van der Waals surface area contributed by atoms with E-state index < -0.39 is 0 Å². The predicted molar refractivity (Wildman–Crippen MR) is 67.0 cm³/mol. The van der Waals surface area contributed by atoms with E-state index in [4.69, 9.17) is 4.74 Å². The van der Waals surface area contributed by atoms with Gasteiger partial charge in [0.2, 0.25) is 0 Å². The van der Waals surface area contributed by atoms with Crippen LogP contribution < -0.4 is 10.1 Å². The molecule has 0 aromatic heterocycles. The van der Waals surface area contributed by atoms with Gasteiger partial charge in [0, 0.05) is 6.04 Å². The number of hydrogen-bond donors (Lipinski definition) is 1. The molecule has 88 valence electrons. The van der Waals surface area contributed by atoms with Crippen LogP contribution in [0, 0.1) is 13.8 Å². The van der Waals surface area contributed by atoms with Crippen molar-refractivity contribution < 1.29 is 4.74 Å². The summed E-state index contributed by atoms with van der Waals surface area (Å²) in [6, 6.07) is 6.98. The summed E-state index contributed by atoms with van der Waals surface area (Å²) < 4.78 is 6.10. The monoisotopic (exact) mass is 219 g/mol. The lowest BCUT2D eigenvalue weighted by atomic mass is 10.0. The summed E-state index contributed by atoms with van der Waals surface area (Å²) >= 11 is 0. The summed E-state index contributed by atoms with van der Waals surface area (Å²) in [4.78, 5) is 0. The van der Waals surface area contributed by atoms with Gasteiger partial charge in [-0.05, 0) is 57.4 Å². The summed E-state index contributed by atoms with van der Waals surface area (Å²) in [7, 11) is 0. The van der Waals surface area contributed by atoms with Crippen LogP contribution in [0.2, 0.25) is 0 Å². The van der Waals surface area contributed by atoms with Gasteiger partial charge in [0.25, 0.3) is 0 Å². The molecule has 1 heterocycles. The van der Waals surface area contributed by atoms with Gasteiger partial charge in [-0.15, -0.1) is 0 Å². The minimum Gasteiger partial charge on any atom is -0.490 e. The zero-order valence-corrected chi connectivity index (χ0v) is 10.4. The number of benzene rings is 1. The predicted octanol–water partition coefficient (Wildman–Crippen LogP) is 2.82. The van der Waals surface area contributed by atoms with Crippen molar-refractivity contribution in [3.8, 4) is 5.75 Å². The molecule has 1 aliphatic heterocycles. The van der Waals surface area contributed by atoms with Crippen LogP contribution in [0.15, 0.2) is 18.2 Å². The summed E-state index contributed by atoms with van der Waals surface area (Å²) in [5.41, 5.74) is 2.50. The molecule has 16 heavy (non-hydrogen) atoms. The van der Waals surface area contributed by atoms with E-state index in [1.807, 2.05) is 0 Å². The Morgan fingerprint density at radius 2 is 2.12 bits per heavy atom. The van der Waals surface area contributed by atoms with Gasteiger partial charge in [0.15, 0.2) is 0 Å². The van der Waals surface area contributed by atoms with E-state index in [1.165, 1.54) is 11.1 Å². The van der Waals surface area contributed by atoms with E-state index in [0.717, 1.165) is 25.1 Å². The molecule has 1 aromatic carbocycles. The van der Waals surface area contributed by atoms with Crippen molar-refractivity contribution in [2.75, 3.05) is 6.54 Å². The van der Waals surface area contributed by atoms with Crippen molar-refractivity contribution in [1.29, 1.82) is 0 Å². The standard InChI is InChI=1S/C14H21NO/c1-10-4-5-11(2)14(8-10)16-13-6-7-15-12(3)9-13/h4-5,8,12-13,15H,6-7,9H2,1-3H3. The van der Waals surface area contributed by atoms with E-state index in [0.29, 0.717) is 12.1 Å². The lowest BCUT2D eigenvalue weighted by Crippen LogP contribution is -2.40. The molecular formula is C14H21NO. The summed E-state index contributed by atoms with van der Waals surface area (Å²) in [5, 5.41) is 3.44. The zero-order valence-electron chi connectivity index (χ0n) is 10.4. The van der Waals surface area contributed by atoms with Crippen LogP contribution in [0.25, 0.3) is 0 Å². The van der Waals surface area contributed by atoms with Crippen molar-refractivity contribution in [2.45, 2.75) is 45.8 Å². The van der Waals surface area contributed by atoms with Gasteiger partial charge in [-0.2, -0.15) is 0 Å². The number of hydrogen-bond acceptors (Lipinski definition) is 2. The molecule has 0 radical (unpaired) electrons. The van der Waals surface area contributed by atoms with Gasteiger partial charge in [-0.25, -0.2) is 0 Å². The van der Waals surface area contributed by atoms with Crippen molar-refractivity contribution in [3.63, 3.8) is 0 Å². The molecule has 1 aliphatic rings. The molecule has 1 fully saturated rings. The zero-order chi connectivity index (χ0) is 11.5. The Morgan fingerprint density at radius 1 is 1.31 bits per heavy atom. The Hall–Kier alpha value is -1.02. The highest BCUT2D eigenvalue weighted by atomic mass is 16.5. The van der Waals surface area contributed by atoms with Crippen molar-refractivity contribution >= 4 is 0 Å². The highest BCUT2D eigenvalue weighted by molar-refractivity contribution is 5.36. The molecule has 0 aliphatic carbocycles. The largest absolute Gasteiger partial charge is 0.490 e. The minimum absolute atomic E-state index is 0.372. The van der Waals surface area contributed by atoms with Crippen LogP contribution in [0.5, 0.6) is 5.75 Å². The third kappa shape index (κ3) is 2.76. The number of aryl methyl sites for hydroxylation is 2. The summed E-state index contributed by atoms with van der Waals surface area (Å²) in [6.07, 6.45) is 2.59. The minimum atomic E-state index is 0.372. The first-order valence-corrected chi connectivity index (χ1v) is 6.12. The second kappa shape index (κ2) is 4.88. The molecule has 1 saturated heterocycles. The molecule has 1 N–H and O–H groups in total. The van der Waals surface area contributed by atoms with E-state index in [2.05, 4.69) is 44.3 Å². The fraction of sp³-hybridized carbons (Fsp3) is 0.571. The molecule has 1 aromatic rings. The van der Waals surface area contributed by atoms with E-state index in [9.17, 15) is 0 Å². The highest BCUT2D eigenvalue weighted by Crippen LogP contribution is 2.23. The van der Waals surface area contributed by atoms with Crippen molar-refractivity contribution in [2.24, 2.45) is 0 Å². The van der Waals surface area contributed by atoms with Gasteiger partial charge in [-0.1, -0.05) is 12.1 Å². The van der Waals surface area contributed by atoms with Gasteiger partial charge < -0.3 is 10.1 Å². The van der Waals surface area contributed by atoms with E-state index in [-0.39, 0.29) is 0 Å². The lowest BCUT2D eigenvalue weighted by Gasteiger charge is -2.29. The third-order valence-corrected chi connectivity index (χ3v) is 3.21. The molecule has 2 nitrogen and oxygen atoms in total.